The number of nitrogens with zero attached hydrogens (tertiary/aromatic N) is 2. The van der Waals surface area contributed by atoms with Crippen LogP contribution in [0.15, 0.2) is 35.1 Å². The lowest BCUT2D eigenvalue weighted by atomic mass is 10.2. The average Bonchev–Trinajstić information content (AvgIpc) is 2.69. The molecule has 3 rings (SSSR count). The molecule has 7 heteroatoms. The normalized spacial score (nSPS) is 10.9. The predicted molar refractivity (Wildman–Crippen MR) is 75.5 cm³/mol. The molecule has 0 saturated heterocycles. The van der Waals surface area contributed by atoms with Crippen LogP contribution in [0.3, 0.4) is 0 Å². The van der Waals surface area contributed by atoms with Crippen molar-refractivity contribution in [3.05, 3.63) is 51.2 Å². The first kappa shape index (κ1) is 11.7. The molecule has 0 aliphatic rings. The van der Waals surface area contributed by atoms with Crippen molar-refractivity contribution < 1.29 is 0 Å². The van der Waals surface area contributed by atoms with E-state index < -0.39 is 0 Å². The first-order valence-corrected chi connectivity index (χ1v) is 6.08. The standard InChI is InChI=1S/C12H11N5OS/c13-9-8-10(16-11(19)15-9)17(12(18)14-8)6-7-4-2-1-3-5-7/h1-5H,6H2,(H,14,18)(H3,13,15,16,19). The Labute approximate surface area is 112 Å². The number of H-pyrrole nitrogens is 2. The second-order valence-electron chi connectivity index (χ2n) is 4.16. The molecule has 0 saturated carbocycles. The maximum absolute atomic E-state index is 12.0. The number of aromatic nitrogens is 4. The molecule has 0 radical (unpaired) electrons. The van der Waals surface area contributed by atoms with E-state index in [1.807, 2.05) is 30.3 Å². The van der Waals surface area contributed by atoms with Gasteiger partial charge in [0.15, 0.2) is 10.4 Å². The minimum absolute atomic E-state index is 0.255. The molecule has 1 aromatic carbocycles. The molecule has 0 atom stereocenters. The SMILES string of the molecule is Nc1[nH]c(=S)nc2c1[nH]c(=O)n2Cc1ccccc1. The monoisotopic (exact) mass is 273 g/mol. The van der Waals surface area contributed by atoms with Crippen molar-refractivity contribution in [3.63, 3.8) is 0 Å². The first-order chi connectivity index (χ1) is 9.15. The van der Waals surface area contributed by atoms with E-state index in [-0.39, 0.29) is 10.5 Å². The van der Waals surface area contributed by atoms with Crippen molar-refractivity contribution in [1.82, 2.24) is 19.5 Å². The van der Waals surface area contributed by atoms with Crippen molar-refractivity contribution in [3.8, 4) is 0 Å². The smallest absolute Gasteiger partial charge is 0.328 e. The third kappa shape index (κ3) is 2.04. The van der Waals surface area contributed by atoms with E-state index in [0.717, 1.165) is 5.56 Å². The van der Waals surface area contributed by atoms with Crippen molar-refractivity contribution in [2.24, 2.45) is 0 Å². The Balaban J connectivity index is 2.21. The molecule has 0 spiro atoms. The number of anilines is 1. The fourth-order valence-electron chi connectivity index (χ4n) is 1.98. The van der Waals surface area contributed by atoms with Crippen molar-refractivity contribution in [2.75, 3.05) is 5.73 Å². The molecule has 0 unspecified atom stereocenters. The second-order valence-corrected chi connectivity index (χ2v) is 4.54. The summed E-state index contributed by atoms with van der Waals surface area (Å²) in [7, 11) is 0. The number of nitrogens with one attached hydrogen (secondary N) is 2. The van der Waals surface area contributed by atoms with E-state index in [9.17, 15) is 4.79 Å². The minimum Gasteiger partial charge on any atom is -0.383 e. The first-order valence-electron chi connectivity index (χ1n) is 5.67. The fourth-order valence-corrected chi connectivity index (χ4v) is 2.18. The summed E-state index contributed by atoms with van der Waals surface area (Å²) in [5.74, 6) is 0.318. The zero-order valence-corrected chi connectivity index (χ0v) is 10.7. The molecular weight excluding hydrogens is 262 g/mol. The topological polar surface area (TPSA) is 92.5 Å². The van der Waals surface area contributed by atoms with E-state index in [0.29, 0.717) is 23.5 Å². The van der Waals surface area contributed by atoms with Gasteiger partial charge >= 0.3 is 5.69 Å². The lowest BCUT2D eigenvalue weighted by Crippen LogP contribution is -2.17. The Morgan fingerprint density at radius 3 is 2.74 bits per heavy atom. The van der Waals surface area contributed by atoms with Gasteiger partial charge in [0.2, 0.25) is 0 Å². The van der Waals surface area contributed by atoms with E-state index in [2.05, 4.69) is 15.0 Å². The van der Waals surface area contributed by atoms with Gasteiger partial charge in [-0.2, -0.15) is 4.98 Å². The summed E-state index contributed by atoms with van der Waals surface area (Å²) in [5, 5.41) is 0. The van der Waals surface area contributed by atoms with E-state index in [1.165, 1.54) is 4.57 Å². The molecule has 0 fully saturated rings. The summed E-state index contributed by atoms with van der Waals surface area (Å²) in [6.07, 6.45) is 0. The van der Waals surface area contributed by atoms with Gasteiger partial charge in [0.25, 0.3) is 0 Å². The zero-order valence-electron chi connectivity index (χ0n) is 9.88. The number of nitrogens with two attached hydrogens (primary N) is 1. The van der Waals surface area contributed by atoms with Crippen LogP contribution in [0.1, 0.15) is 5.56 Å². The van der Waals surface area contributed by atoms with Gasteiger partial charge in [-0.05, 0) is 17.8 Å². The molecule has 2 heterocycles. The van der Waals surface area contributed by atoms with Gasteiger partial charge in [-0.3, -0.25) is 4.57 Å². The van der Waals surface area contributed by atoms with Crippen molar-refractivity contribution in [1.29, 1.82) is 0 Å². The summed E-state index contributed by atoms with van der Waals surface area (Å²) >= 11 is 4.98. The minimum atomic E-state index is -0.257. The number of nitrogen functional groups attached to an aromatic ring is 1. The number of hydrogen-bond donors (Lipinski definition) is 3. The molecule has 19 heavy (non-hydrogen) atoms. The molecule has 0 aliphatic carbocycles. The number of aromatic amines is 2. The Bertz CT molecular complexity index is 846. The summed E-state index contributed by atoms with van der Waals surface area (Å²) in [5.41, 5.74) is 7.48. The largest absolute Gasteiger partial charge is 0.383 e. The van der Waals surface area contributed by atoms with Gasteiger partial charge in [-0.15, -0.1) is 0 Å². The number of benzene rings is 1. The molecule has 0 aliphatic heterocycles. The third-order valence-electron chi connectivity index (χ3n) is 2.86. The van der Waals surface area contributed by atoms with Gasteiger partial charge in [-0.1, -0.05) is 30.3 Å². The van der Waals surface area contributed by atoms with Crippen LogP contribution in [0.2, 0.25) is 0 Å². The van der Waals surface area contributed by atoms with Crippen LogP contribution in [0, 0.1) is 4.77 Å². The fraction of sp³-hybridized carbons (Fsp3) is 0.0833. The summed E-state index contributed by atoms with van der Waals surface area (Å²) in [6, 6.07) is 9.65. The molecule has 3 aromatic rings. The number of imidazole rings is 1. The average molecular weight is 273 g/mol. The quantitative estimate of drug-likeness (QED) is 0.615. The zero-order chi connectivity index (χ0) is 13.4. The van der Waals surface area contributed by atoms with Gasteiger partial charge in [0.05, 0.1) is 6.54 Å². The van der Waals surface area contributed by atoms with Crippen LogP contribution in [-0.4, -0.2) is 19.5 Å². The predicted octanol–water partition coefficient (Wildman–Crippen LogP) is 1.41. The van der Waals surface area contributed by atoms with Gasteiger partial charge in [0.1, 0.15) is 11.3 Å². The molecule has 96 valence electrons. The highest BCUT2D eigenvalue weighted by atomic mass is 32.1. The van der Waals surface area contributed by atoms with Gasteiger partial charge in [0, 0.05) is 0 Å². The van der Waals surface area contributed by atoms with Crippen LogP contribution in [0.5, 0.6) is 0 Å². The highest BCUT2D eigenvalue weighted by molar-refractivity contribution is 7.71. The Kier molecular flexibility index (Phi) is 2.68. The molecular formula is C12H11N5OS. The number of hydrogen-bond acceptors (Lipinski definition) is 4. The molecule has 0 amide bonds. The van der Waals surface area contributed by atoms with Gasteiger partial charge < -0.3 is 15.7 Å². The lowest BCUT2D eigenvalue weighted by molar-refractivity contribution is 0.777. The van der Waals surface area contributed by atoms with Crippen molar-refractivity contribution in [2.45, 2.75) is 6.54 Å². The lowest BCUT2D eigenvalue weighted by Gasteiger charge is -2.03. The molecule has 4 N–H and O–H groups in total. The van der Waals surface area contributed by atoms with E-state index in [1.54, 1.807) is 0 Å². The Morgan fingerprint density at radius 2 is 2.00 bits per heavy atom. The van der Waals surface area contributed by atoms with E-state index in [4.69, 9.17) is 18.0 Å². The highest BCUT2D eigenvalue weighted by Crippen LogP contribution is 2.13. The van der Waals surface area contributed by atoms with Crippen LogP contribution in [0.4, 0.5) is 5.82 Å². The molecule has 6 nitrogen and oxygen atoms in total. The molecule has 0 bridgehead atoms. The molecule has 2 aromatic heterocycles. The van der Waals surface area contributed by atoms with Crippen LogP contribution in [-0.2, 0) is 6.54 Å². The Morgan fingerprint density at radius 1 is 1.26 bits per heavy atom. The summed E-state index contributed by atoms with van der Waals surface area (Å²) < 4.78 is 1.77. The van der Waals surface area contributed by atoms with Crippen LogP contribution >= 0.6 is 12.2 Å². The van der Waals surface area contributed by atoms with Crippen molar-refractivity contribution >= 4 is 29.2 Å². The number of fused-ring (bicyclic) bond motifs is 1. The number of rotatable bonds is 2. The maximum Gasteiger partial charge on any atom is 0.328 e. The third-order valence-corrected chi connectivity index (χ3v) is 3.05. The second kappa shape index (κ2) is 4.36. The van der Waals surface area contributed by atoms with Crippen LogP contribution in [0.25, 0.3) is 11.2 Å². The maximum atomic E-state index is 12.0. The van der Waals surface area contributed by atoms with Crippen LogP contribution < -0.4 is 11.4 Å². The van der Waals surface area contributed by atoms with E-state index >= 15 is 0 Å². The Hall–Kier alpha value is -2.41. The highest BCUT2D eigenvalue weighted by Gasteiger charge is 2.11. The summed E-state index contributed by atoms with van der Waals surface area (Å²) in [4.78, 5) is 21.5. The summed E-state index contributed by atoms with van der Waals surface area (Å²) in [6.45, 7) is 0.422. The van der Waals surface area contributed by atoms with Gasteiger partial charge in [-0.25, -0.2) is 4.79 Å².